The number of unbranched alkanes of at least 4 members (excludes halogenated alkanes) is 3. The summed E-state index contributed by atoms with van der Waals surface area (Å²) in [6, 6.07) is 14.2. The second-order valence-corrected chi connectivity index (χ2v) is 28.8. The van der Waals surface area contributed by atoms with Gasteiger partial charge in [0.15, 0.2) is 28.7 Å². The van der Waals surface area contributed by atoms with Gasteiger partial charge in [0.2, 0.25) is 17.2 Å². The van der Waals surface area contributed by atoms with Crippen LogP contribution in [0, 0.1) is 0 Å². The number of ether oxygens (including phenoxy) is 2. The minimum atomic E-state index is -5.29. The topological polar surface area (TPSA) is 418 Å². The molecule has 11 N–H and O–H groups in total. The van der Waals surface area contributed by atoms with E-state index in [2.05, 4.69) is 39.6 Å². The zero-order valence-corrected chi connectivity index (χ0v) is 53.9. The Kier molecular flexibility index (Phi) is 19.8. The van der Waals surface area contributed by atoms with Crippen LogP contribution in [0.4, 0.5) is 17.5 Å². The number of aliphatic hydroxyl groups is 1. The number of likely N-dealkylation sites (N-methyl/N-ethyl adjacent to an activating group) is 2. The first-order valence-corrected chi connectivity index (χ1v) is 35.3. The summed E-state index contributed by atoms with van der Waals surface area (Å²) in [6.07, 6.45) is 0.879. The second-order valence-electron chi connectivity index (χ2n) is 23.5. The number of nitrogen functional groups attached to an aromatic ring is 1. The summed E-state index contributed by atoms with van der Waals surface area (Å²) in [5.41, 5.74) is 8.91. The third-order valence-electron chi connectivity index (χ3n) is 16.1. The van der Waals surface area contributed by atoms with Crippen LogP contribution in [0.5, 0.6) is 11.5 Å². The number of hydrogen-bond acceptors (Lipinski definition) is 19. The molecule has 5 aromatic rings. The van der Waals surface area contributed by atoms with Crippen LogP contribution in [0.1, 0.15) is 119 Å². The molecule has 0 radical (unpaired) electrons. The summed E-state index contributed by atoms with van der Waals surface area (Å²) < 4.78 is 120. The molecule has 33 heteroatoms. The van der Waals surface area contributed by atoms with Gasteiger partial charge in [-0.25, -0.2) is 28.7 Å². The number of phosphoric acid groups is 2. The summed E-state index contributed by atoms with van der Waals surface area (Å²) in [5, 5.41) is 18.2. The van der Waals surface area contributed by atoms with E-state index in [9.17, 15) is 69.3 Å². The number of nitrogens with one attached hydrogen (secondary N) is 2. The van der Waals surface area contributed by atoms with Gasteiger partial charge in [0.05, 0.1) is 23.8 Å². The van der Waals surface area contributed by atoms with Gasteiger partial charge < -0.3 is 60.3 Å². The molecule has 0 bridgehead atoms. The minimum absolute atomic E-state index is 0.0211. The number of imidazole rings is 1. The third-order valence-corrected chi connectivity index (χ3v) is 18.5. The number of carbonyl (C=O) groups excluding carboxylic acids is 2. The summed E-state index contributed by atoms with van der Waals surface area (Å²) in [7, 11) is -17.8. The highest BCUT2D eigenvalue weighted by molar-refractivity contribution is 7.86. The van der Waals surface area contributed by atoms with Crippen molar-refractivity contribution in [1.29, 1.82) is 0 Å². The van der Waals surface area contributed by atoms with Crippen LogP contribution < -0.4 is 41.2 Å². The Morgan fingerprint density at radius 2 is 1.52 bits per heavy atom. The fourth-order valence-corrected chi connectivity index (χ4v) is 14.5. The predicted octanol–water partition coefficient (Wildman–Crippen LogP) is 3.71. The Labute approximate surface area is 519 Å². The number of anilines is 3. The van der Waals surface area contributed by atoms with Gasteiger partial charge >= 0.3 is 15.6 Å². The van der Waals surface area contributed by atoms with Gasteiger partial charge in [0.1, 0.15) is 54.2 Å². The molecule has 0 unspecified atom stereocenters. The van der Waals surface area contributed by atoms with E-state index in [1.54, 1.807) is 43.4 Å². The van der Waals surface area contributed by atoms with E-state index in [1.807, 2.05) is 65.8 Å². The van der Waals surface area contributed by atoms with Crippen LogP contribution in [-0.4, -0.2) is 174 Å². The Balaban J connectivity index is 0.886. The molecule has 0 spiro atoms. The molecular weight excluding hydrogens is 1250 g/mol. The number of carbonyl (C=O) groups is 2. The molecule has 0 saturated carbocycles. The van der Waals surface area contributed by atoms with Crippen molar-refractivity contribution in [3.05, 3.63) is 105 Å². The number of nitrogens with two attached hydrogens (primary N) is 1. The fourth-order valence-electron chi connectivity index (χ4n) is 12.4. The first-order valence-electron chi connectivity index (χ1n) is 29.0. The van der Waals surface area contributed by atoms with Crippen LogP contribution in [0.2, 0.25) is 0 Å². The maximum atomic E-state index is 14.8. The number of fused-ring (bicyclic) bond motifs is 5. The first kappa shape index (κ1) is 67.8. The van der Waals surface area contributed by atoms with Gasteiger partial charge in [-0.1, -0.05) is 37.1 Å². The third kappa shape index (κ3) is 15.2. The molecule has 1 saturated heterocycles. The number of amides is 2. The van der Waals surface area contributed by atoms with E-state index in [-0.39, 0.29) is 59.8 Å². The van der Waals surface area contributed by atoms with Crippen molar-refractivity contribution in [1.82, 2.24) is 34.3 Å². The smallest absolute Gasteiger partial charge is 0.456 e. The largest absolute Gasteiger partial charge is 0.470 e. The van der Waals surface area contributed by atoms with E-state index < -0.39 is 89.6 Å². The Morgan fingerprint density at radius 1 is 0.844 bits per heavy atom. The van der Waals surface area contributed by atoms with E-state index in [0.717, 1.165) is 6.33 Å². The van der Waals surface area contributed by atoms with Crippen LogP contribution in [0.15, 0.2) is 67.0 Å². The number of aliphatic hydroxyl groups excluding tert-OH is 1. The summed E-state index contributed by atoms with van der Waals surface area (Å²) in [4.78, 5) is 82.1. The molecule has 9 rings (SSSR count). The molecule has 3 aromatic carbocycles. The summed E-state index contributed by atoms with van der Waals surface area (Å²) in [5.74, 6) is -1.21. The van der Waals surface area contributed by atoms with Crippen LogP contribution in [0.25, 0.3) is 27.9 Å². The van der Waals surface area contributed by atoms with Crippen LogP contribution >= 0.6 is 15.6 Å². The summed E-state index contributed by atoms with van der Waals surface area (Å²) >= 11 is 0. The highest BCUT2D eigenvalue weighted by Gasteiger charge is 2.50. The molecule has 4 atom stereocenters. The Hall–Kier alpha value is -6.54. The second kappa shape index (κ2) is 26.2. The number of phosphoric ester groups is 2. The number of rotatable bonds is 26. The van der Waals surface area contributed by atoms with Crippen molar-refractivity contribution in [3.63, 3.8) is 0 Å². The lowest BCUT2D eigenvalue weighted by molar-refractivity contribution is -0.121. The first-order chi connectivity index (χ1) is 42.1. The maximum Gasteiger partial charge on any atom is 0.470 e. The van der Waals surface area contributed by atoms with Gasteiger partial charge in [0.25, 0.3) is 26.1 Å². The fraction of sp³-hybridized carbons (Fsp3) is 0.474. The quantitative estimate of drug-likeness (QED) is 0.0160. The van der Waals surface area contributed by atoms with Gasteiger partial charge in [-0.05, 0) is 87.9 Å². The van der Waals surface area contributed by atoms with Crippen molar-refractivity contribution < 1.29 is 87.9 Å². The molecule has 90 heavy (non-hydrogen) atoms. The van der Waals surface area contributed by atoms with E-state index in [4.69, 9.17) is 19.7 Å². The Morgan fingerprint density at radius 3 is 2.18 bits per heavy atom. The molecule has 2 aromatic heterocycles. The van der Waals surface area contributed by atoms with E-state index in [1.165, 1.54) is 9.47 Å². The van der Waals surface area contributed by atoms with Gasteiger partial charge in [0, 0.05) is 92.7 Å². The highest BCUT2D eigenvalue weighted by atomic mass is 32.2. The lowest BCUT2D eigenvalue weighted by Gasteiger charge is -2.43. The van der Waals surface area contributed by atoms with Crippen molar-refractivity contribution in [2.45, 2.75) is 116 Å². The zero-order valence-electron chi connectivity index (χ0n) is 50.5. The lowest BCUT2D eigenvalue weighted by Crippen LogP contribution is -2.50. The maximum absolute atomic E-state index is 14.8. The van der Waals surface area contributed by atoms with E-state index in [0.29, 0.717) is 118 Å². The average molecular weight is 1330 g/mol. The van der Waals surface area contributed by atoms with Crippen molar-refractivity contribution >= 4 is 93.0 Å². The Bertz CT molecular complexity index is 4190. The standard InChI is InChI=1S/C57H74N10O19P2S2/c1-8-65-41-25-43-39(23-37(41)33(27-56(65,3)4)30-89(77,78)79)47(40-24-38-34(31-90(80,81)82)28-57(5,6)66(9-2)42(38)26-44(40)84-43)35-17-12-13-18-36(35)53(70)64(7)22-16-19-46(68)59-20-14-10-11-15-21-60-55-63-48-51(58)61-32-62-52(48)67(55)54-50(86-88(74,75)76)49(69)45(85-54)29-83-87(71,72)73/h12-13,17-18,23-28,32,45,49-50,54,58,69H,8-11,14-16,19-22,29-31H2,1-7H3,(H8,59,68,70,71,72,73,74,75,76,77,78,79,80,81,82)/p+1/t45-,49-,50-,54-/m1/s1. The highest BCUT2D eigenvalue weighted by Crippen LogP contribution is 2.49. The molecule has 488 valence electrons. The number of benzene rings is 3. The number of hydrogen-bond donors (Lipinski definition) is 10. The van der Waals surface area contributed by atoms with Crippen LogP contribution in [0.3, 0.4) is 0 Å². The van der Waals surface area contributed by atoms with Crippen molar-refractivity contribution in [3.8, 4) is 11.5 Å². The van der Waals surface area contributed by atoms with Crippen LogP contribution in [-0.2, 0) is 47.9 Å². The molecule has 2 amide bonds. The molecule has 29 nitrogen and oxygen atoms in total. The average Bonchev–Trinajstić information content (AvgIpc) is 0.906. The molecular formula is C57H75N10O19P2S2+. The predicted molar refractivity (Wildman–Crippen MR) is 333 cm³/mol. The van der Waals surface area contributed by atoms with Gasteiger partial charge in [-0.3, -0.25) is 32.3 Å². The summed E-state index contributed by atoms with van der Waals surface area (Å²) in [6.45, 7) is 12.7. The minimum Gasteiger partial charge on any atom is -0.456 e. The molecule has 4 aliphatic rings. The molecule has 0 aliphatic carbocycles. The van der Waals surface area contributed by atoms with Gasteiger partial charge in [-0.2, -0.15) is 16.8 Å². The molecule has 6 heterocycles. The molecule has 4 aliphatic heterocycles. The van der Waals surface area contributed by atoms with Crippen molar-refractivity contribution in [2.24, 2.45) is 0 Å². The molecule has 1 fully saturated rings. The normalized spacial score (nSPS) is 19.5. The number of nitrogens with zero attached hydrogens (tertiary/aromatic N) is 7. The van der Waals surface area contributed by atoms with Crippen molar-refractivity contribution in [2.75, 3.05) is 73.8 Å². The monoisotopic (exact) mass is 1330 g/mol. The van der Waals surface area contributed by atoms with E-state index >= 15 is 0 Å². The van der Waals surface area contributed by atoms with Gasteiger partial charge in [-0.15, -0.1) is 0 Å². The zero-order chi connectivity index (χ0) is 65.6. The lowest BCUT2D eigenvalue weighted by atomic mass is 9.83. The SMILES string of the molecule is CCN1c2cc3c(cc2C(CS(=O)(=O)O)=CC1(C)C)C(c1ccccc1C(=O)N(C)CCCC(=O)NCCCCCCNc1nc2c(N)ncnc2n1[C@@H]1O[C@H](COP(=O)(O)O)[C@@H](O)[C@H]1OP(=O)(O)O)=c1cc2c(cc1O3)=[N+](CC)C(C)(C)C=C2CS(=O)(=O)O. The number of aromatic nitrogens is 4.